The van der Waals surface area contributed by atoms with Crippen LogP contribution in [0.5, 0.6) is 0 Å². The quantitative estimate of drug-likeness (QED) is 0.674. The largest absolute Gasteiger partial charge is 0.380 e. The van der Waals surface area contributed by atoms with Crippen LogP contribution in [0.1, 0.15) is 52.9 Å². The van der Waals surface area contributed by atoms with Crippen molar-refractivity contribution in [1.29, 1.82) is 0 Å². The number of nitrogens with one attached hydrogen (secondary N) is 1. The molecule has 0 atom stereocenters. The van der Waals surface area contributed by atoms with Gasteiger partial charge in [0.2, 0.25) is 0 Å². The summed E-state index contributed by atoms with van der Waals surface area (Å²) in [6, 6.07) is 0. The average Bonchev–Trinajstić information content (AvgIpc) is 2.24. The highest BCUT2D eigenvalue weighted by Gasteiger charge is 2.25. The monoisotopic (exact) mass is 227 g/mol. The maximum atomic E-state index is 5.55. The van der Waals surface area contributed by atoms with Crippen LogP contribution in [0, 0.1) is 11.3 Å². The molecular weight excluding hydrogens is 198 g/mol. The van der Waals surface area contributed by atoms with Gasteiger partial charge in [-0.3, -0.25) is 0 Å². The molecule has 0 aromatic heterocycles. The van der Waals surface area contributed by atoms with E-state index in [1.807, 2.05) is 0 Å². The molecule has 0 saturated heterocycles. The first kappa shape index (κ1) is 14.0. The molecule has 1 rings (SSSR count). The second-order valence-electron chi connectivity index (χ2n) is 6.02. The topological polar surface area (TPSA) is 21.3 Å². The highest BCUT2D eigenvalue weighted by molar-refractivity contribution is 4.80. The zero-order valence-electron chi connectivity index (χ0n) is 11.3. The van der Waals surface area contributed by atoms with Crippen molar-refractivity contribution in [3.05, 3.63) is 0 Å². The summed E-state index contributed by atoms with van der Waals surface area (Å²) >= 11 is 0. The van der Waals surface area contributed by atoms with Gasteiger partial charge in [-0.15, -0.1) is 0 Å². The summed E-state index contributed by atoms with van der Waals surface area (Å²) in [6.45, 7) is 10.7. The summed E-state index contributed by atoms with van der Waals surface area (Å²) < 4.78 is 5.55. The molecule has 0 aromatic carbocycles. The summed E-state index contributed by atoms with van der Waals surface area (Å²) in [7, 11) is 0. The number of ether oxygens (including phenoxy) is 1. The van der Waals surface area contributed by atoms with E-state index in [0.29, 0.717) is 11.3 Å². The minimum atomic E-state index is 0.552. The molecule has 0 radical (unpaired) electrons. The van der Waals surface area contributed by atoms with Crippen LogP contribution in [0.25, 0.3) is 0 Å². The van der Waals surface area contributed by atoms with Crippen LogP contribution < -0.4 is 5.32 Å². The fourth-order valence-corrected chi connectivity index (χ4v) is 2.44. The Balaban J connectivity index is 1.97. The molecule has 1 N–H and O–H groups in total. The van der Waals surface area contributed by atoms with Crippen molar-refractivity contribution >= 4 is 0 Å². The van der Waals surface area contributed by atoms with Crippen LogP contribution >= 0.6 is 0 Å². The van der Waals surface area contributed by atoms with E-state index >= 15 is 0 Å². The van der Waals surface area contributed by atoms with Gasteiger partial charge in [-0.1, -0.05) is 40.0 Å². The highest BCUT2D eigenvalue weighted by Crippen LogP contribution is 2.34. The van der Waals surface area contributed by atoms with Crippen molar-refractivity contribution in [2.75, 3.05) is 26.3 Å². The van der Waals surface area contributed by atoms with Crippen LogP contribution in [-0.4, -0.2) is 26.3 Å². The molecule has 2 heteroatoms. The molecule has 0 bridgehead atoms. The Morgan fingerprint density at radius 1 is 1.19 bits per heavy atom. The Kier molecular flexibility index (Phi) is 6.37. The summed E-state index contributed by atoms with van der Waals surface area (Å²) in [5.74, 6) is 0.649. The smallest absolute Gasteiger partial charge is 0.0591 e. The maximum absolute atomic E-state index is 5.55. The van der Waals surface area contributed by atoms with Gasteiger partial charge in [-0.2, -0.15) is 0 Å². The van der Waals surface area contributed by atoms with Crippen molar-refractivity contribution < 1.29 is 4.74 Å². The van der Waals surface area contributed by atoms with Crippen LogP contribution in [0.2, 0.25) is 0 Å². The molecule has 96 valence electrons. The number of rotatable bonds is 7. The fourth-order valence-electron chi connectivity index (χ4n) is 2.44. The molecule has 0 spiro atoms. The molecule has 16 heavy (non-hydrogen) atoms. The summed E-state index contributed by atoms with van der Waals surface area (Å²) in [5.41, 5.74) is 0.552. The Labute approximate surface area is 101 Å². The molecule has 1 aliphatic carbocycles. The van der Waals surface area contributed by atoms with Gasteiger partial charge >= 0.3 is 0 Å². The molecule has 1 fully saturated rings. The lowest BCUT2D eigenvalue weighted by Gasteiger charge is -2.33. The van der Waals surface area contributed by atoms with E-state index in [0.717, 1.165) is 26.3 Å². The van der Waals surface area contributed by atoms with E-state index in [-0.39, 0.29) is 0 Å². The molecule has 0 aliphatic heterocycles. The molecule has 1 aliphatic rings. The Hall–Kier alpha value is -0.0800. The summed E-state index contributed by atoms with van der Waals surface area (Å²) in [6.07, 6.45) is 7.07. The van der Waals surface area contributed by atoms with Crippen molar-refractivity contribution in [3.63, 3.8) is 0 Å². The van der Waals surface area contributed by atoms with Gasteiger partial charge in [-0.25, -0.2) is 0 Å². The van der Waals surface area contributed by atoms with E-state index in [1.54, 1.807) is 0 Å². The molecule has 1 saturated carbocycles. The van der Waals surface area contributed by atoms with Crippen molar-refractivity contribution in [3.8, 4) is 0 Å². The van der Waals surface area contributed by atoms with E-state index < -0.39 is 0 Å². The molecule has 0 heterocycles. The van der Waals surface area contributed by atoms with Gasteiger partial charge in [0.15, 0.2) is 0 Å². The van der Waals surface area contributed by atoms with Crippen molar-refractivity contribution in [1.82, 2.24) is 5.32 Å². The van der Waals surface area contributed by atoms with Gasteiger partial charge in [0.1, 0.15) is 0 Å². The molecule has 0 aromatic rings. The third kappa shape index (κ3) is 5.86. The van der Waals surface area contributed by atoms with Crippen LogP contribution in [0.3, 0.4) is 0 Å². The van der Waals surface area contributed by atoms with Crippen molar-refractivity contribution in [2.45, 2.75) is 52.9 Å². The second kappa shape index (κ2) is 7.29. The predicted molar refractivity (Wildman–Crippen MR) is 69.7 cm³/mol. The average molecular weight is 227 g/mol. The lowest BCUT2D eigenvalue weighted by molar-refractivity contribution is 0.107. The van der Waals surface area contributed by atoms with E-state index in [2.05, 4.69) is 26.1 Å². The summed E-state index contributed by atoms with van der Waals surface area (Å²) in [5, 5.41) is 3.54. The highest BCUT2D eigenvalue weighted by atomic mass is 16.5. The van der Waals surface area contributed by atoms with Crippen LogP contribution in [-0.2, 0) is 4.74 Å². The maximum Gasteiger partial charge on any atom is 0.0591 e. The minimum absolute atomic E-state index is 0.552. The van der Waals surface area contributed by atoms with Crippen LogP contribution in [0.15, 0.2) is 0 Å². The molecule has 0 unspecified atom stereocenters. The van der Waals surface area contributed by atoms with Gasteiger partial charge in [0.25, 0.3) is 0 Å². The van der Waals surface area contributed by atoms with E-state index in [1.165, 1.54) is 32.1 Å². The second-order valence-corrected chi connectivity index (χ2v) is 6.02. The lowest BCUT2D eigenvalue weighted by atomic mass is 9.76. The normalized spacial score (nSPS) is 20.2. The summed E-state index contributed by atoms with van der Waals surface area (Å²) in [4.78, 5) is 0. The van der Waals surface area contributed by atoms with Gasteiger partial charge in [-0.05, 0) is 24.2 Å². The first-order chi connectivity index (χ1) is 7.62. The molecular formula is C14H29NO. The standard InChI is InChI=1S/C14H29NO/c1-13(2)11-16-10-9-15-12-14(3)7-5-4-6-8-14/h13,15H,4-12H2,1-3H3. The zero-order valence-corrected chi connectivity index (χ0v) is 11.3. The zero-order chi connectivity index (χ0) is 11.9. The first-order valence-electron chi connectivity index (χ1n) is 6.91. The predicted octanol–water partition coefficient (Wildman–Crippen LogP) is 3.22. The molecule has 0 amide bonds. The Morgan fingerprint density at radius 3 is 2.50 bits per heavy atom. The molecule has 2 nitrogen and oxygen atoms in total. The fraction of sp³-hybridized carbons (Fsp3) is 1.00. The Morgan fingerprint density at radius 2 is 1.88 bits per heavy atom. The Bertz CT molecular complexity index is 174. The first-order valence-corrected chi connectivity index (χ1v) is 6.91. The SMILES string of the molecule is CC(C)COCCNCC1(C)CCCCC1. The van der Waals surface area contributed by atoms with Gasteiger partial charge < -0.3 is 10.1 Å². The third-order valence-electron chi connectivity index (χ3n) is 3.49. The lowest BCUT2D eigenvalue weighted by Crippen LogP contribution is -2.35. The third-order valence-corrected chi connectivity index (χ3v) is 3.49. The minimum Gasteiger partial charge on any atom is -0.380 e. The number of hydrogen-bond donors (Lipinski definition) is 1. The van der Waals surface area contributed by atoms with Crippen molar-refractivity contribution in [2.24, 2.45) is 11.3 Å². The van der Waals surface area contributed by atoms with Gasteiger partial charge in [0, 0.05) is 19.7 Å². The van der Waals surface area contributed by atoms with Crippen LogP contribution in [0.4, 0.5) is 0 Å². The van der Waals surface area contributed by atoms with E-state index in [4.69, 9.17) is 4.74 Å². The van der Waals surface area contributed by atoms with Gasteiger partial charge in [0.05, 0.1) is 6.61 Å². The number of hydrogen-bond acceptors (Lipinski definition) is 2. The van der Waals surface area contributed by atoms with E-state index in [9.17, 15) is 0 Å².